The molecule has 0 spiro atoms. The summed E-state index contributed by atoms with van der Waals surface area (Å²) in [6.07, 6.45) is 4.52. The maximum atomic E-state index is 6.93. The number of nitrogens with one attached hydrogen (secondary N) is 3. The van der Waals surface area contributed by atoms with E-state index in [1.807, 2.05) is 12.1 Å². The average Bonchev–Trinajstić information content (AvgIpc) is 2.17. The van der Waals surface area contributed by atoms with Crippen LogP contribution in [0.5, 0.6) is 0 Å². The lowest BCUT2D eigenvalue weighted by atomic mass is 10.4. The van der Waals surface area contributed by atoms with Crippen molar-refractivity contribution in [1.82, 2.24) is 10.3 Å². The van der Waals surface area contributed by atoms with E-state index in [-0.39, 0.29) is 0 Å². The molecular formula is C9H11BrN4. The van der Waals surface area contributed by atoms with Crippen molar-refractivity contribution in [3.63, 3.8) is 0 Å². The van der Waals surface area contributed by atoms with E-state index in [1.165, 1.54) is 6.21 Å². The van der Waals surface area contributed by atoms with Crippen molar-refractivity contribution in [3.05, 3.63) is 34.7 Å². The Kier molecular flexibility index (Phi) is 4.12. The number of pyridine rings is 1. The van der Waals surface area contributed by atoms with Gasteiger partial charge in [0.15, 0.2) is 0 Å². The number of aromatic nitrogens is 1. The van der Waals surface area contributed by atoms with Crippen LogP contribution in [0.2, 0.25) is 0 Å². The van der Waals surface area contributed by atoms with Crippen LogP contribution in [0.15, 0.2) is 34.7 Å². The van der Waals surface area contributed by atoms with Gasteiger partial charge in [-0.3, -0.25) is 0 Å². The van der Waals surface area contributed by atoms with Crippen molar-refractivity contribution >= 4 is 28.0 Å². The zero-order valence-electron chi connectivity index (χ0n) is 7.71. The van der Waals surface area contributed by atoms with Gasteiger partial charge in [-0.15, -0.1) is 0 Å². The molecule has 0 atom stereocenters. The molecule has 1 aromatic heterocycles. The summed E-state index contributed by atoms with van der Waals surface area (Å²) in [6.45, 7) is 0. The highest BCUT2D eigenvalue weighted by atomic mass is 79.9. The molecule has 0 amide bonds. The number of nitrogens with zero attached hydrogens (tertiary/aromatic N) is 1. The molecule has 0 saturated heterocycles. The summed E-state index contributed by atoms with van der Waals surface area (Å²) in [4.78, 5) is 4.11. The topological polar surface area (TPSA) is 60.8 Å². The van der Waals surface area contributed by atoms with Crippen LogP contribution in [0.25, 0.3) is 0 Å². The first-order valence-electron chi connectivity index (χ1n) is 4.03. The van der Waals surface area contributed by atoms with E-state index < -0.39 is 0 Å². The molecule has 5 heteroatoms. The van der Waals surface area contributed by atoms with E-state index >= 15 is 0 Å². The molecule has 0 bridgehead atoms. The van der Waals surface area contributed by atoms with Gasteiger partial charge in [-0.05, 0) is 18.2 Å². The van der Waals surface area contributed by atoms with Crippen molar-refractivity contribution in [1.29, 1.82) is 5.41 Å². The summed E-state index contributed by atoms with van der Waals surface area (Å²) < 4.78 is 0.959. The third kappa shape index (κ3) is 3.18. The Morgan fingerprint density at radius 3 is 3.00 bits per heavy atom. The molecular weight excluding hydrogens is 244 g/mol. The number of halogens is 1. The maximum Gasteiger partial charge on any atom is 0.132 e. The Morgan fingerprint density at radius 2 is 2.43 bits per heavy atom. The van der Waals surface area contributed by atoms with Crippen LogP contribution in [-0.2, 0) is 0 Å². The van der Waals surface area contributed by atoms with Crippen LogP contribution in [0.3, 0.4) is 0 Å². The third-order valence-corrected chi connectivity index (χ3v) is 2.00. The Labute approximate surface area is 91.1 Å². The monoisotopic (exact) mass is 254 g/mol. The molecule has 0 aliphatic carbocycles. The molecule has 0 radical (unpaired) electrons. The molecule has 0 aromatic carbocycles. The van der Waals surface area contributed by atoms with Crippen LogP contribution in [0, 0.1) is 5.41 Å². The summed E-state index contributed by atoms with van der Waals surface area (Å²) in [5, 5.41) is 12.9. The largest absolute Gasteiger partial charge is 0.375 e. The lowest BCUT2D eigenvalue weighted by molar-refractivity contribution is 0.992. The van der Waals surface area contributed by atoms with Gasteiger partial charge in [-0.2, -0.15) is 0 Å². The fraction of sp³-hybridized carbons (Fsp3) is 0.111. The molecule has 1 rings (SSSR count). The van der Waals surface area contributed by atoms with Crippen LogP contribution >= 0.6 is 15.9 Å². The molecule has 0 fully saturated rings. The second-order valence-corrected chi connectivity index (χ2v) is 3.40. The minimum atomic E-state index is 0.724. The first kappa shape index (κ1) is 10.7. The predicted molar refractivity (Wildman–Crippen MR) is 61.5 cm³/mol. The van der Waals surface area contributed by atoms with Gasteiger partial charge >= 0.3 is 0 Å². The maximum absolute atomic E-state index is 6.93. The predicted octanol–water partition coefficient (Wildman–Crippen LogP) is 1.97. The van der Waals surface area contributed by atoms with E-state index in [0.717, 1.165) is 16.1 Å². The summed E-state index contributed by atoms with van der Waals surface area (Å²) in [7, 11) is 1.78. The lowest BCUT2D eigenvalue weighted by Gasteiger charge is -2.08. The highest BCUT2D eigenvalue weighted by Gasteiger charge is 1.96. The number of hydrogen-bond acceptors (Lipinski definition) is 4. The van der Waals surface area contributed by atoms with Gasteiger partial charge in [0.2, 0.25) is 0 Å². The first-order chi connectivity index (χ1) is 6.76. The lowest BCUT2D eigenvalue weighted by Crippen LogP contribution is -2.15. The van der Waals surface area contributed by atoms with Crippen LogP contribution in [0.1, 0.15) is 0 Å². The zero-order chi connectivity index (χ0) is 10.4. The molecule has 0 aliphatic heterocycles. The Balaban J connectivity index is 2.77. The zero-order valence-corrected chi connectivity index (χ0v) is 9.30. The van der Waals surface area contributed by atoms with Gasteiger partial charge in [-0.25, -0.2) is 4.98 Å². The van der Waals surface area contributed by atoms with Crippen molar-refractivity contribution in [2.75, 3.05) is 12.4 Å². The number of hydrogen-bond donors (Lipinski definition) is 3. The van der Waals surface area contributed by atoms with Gasteiger partial charge in [0, 0.05) is 23.9 Å². The van der Waals surface area contributed by atoms with E-state index in [9.17, 15) is 0 Å². The van der Waals surface area contributed by atoms with Gasteiger partial charge in [0.05, 0.1) is 0 Å². The molecule has 74 valence electrons. The molecule has 3 N–H and O–H groups in total. The van der Waals surface area contributed by atoms with E-state index in [4.69, 9.17) is 5.41 Å². The van der Waals surface area contributed by atoms with E-state index in [2.05, 4.69) is 31.5 Å². The Hall–Kier alpha value is -1.36. The highest BCUT2D eigenvalue weighted by molar-refractivity contribution is 9.10. The average molecular weight is 255 g/mol. The quantitative estimate of drug-likeness (QED) is 0.721. The summed E-state index contributed by atoms with van der Waals surface area (Å²) in [5.41, 5.74) is 0. The molecule has 14 heavy (non-hydrogen) atoms. The fourth-order valence-electron chi connectivity index (χ4n) is 0.882. The van der Waals surface area contributed by atoms with E-state index in [0.29, 0.717) is 0 Å². The van der Waals surface area contributed by atoms with Crippen LogP contribution in [-0.4, -0.2) is 18.2 Å². The fourth-order valence-corrected chi connectivity index (χ4v) is 1.22. The molecule has 1 aromatic rings. The van der Waals surface area contributed by atoms with Gasteiger partial charge < -0.3 is 16.0 Å². The van der Waals surface area contributed by atoms with E-state index in [1.54, 1.807) is 19.3 Å². The van der Waals surface area contributed by atoms with Crippen molar-refractivity contribution < 1.29 is 0 Å². The minimum absolute atomic E-state index is 0.724. The summed E-state index contributed by atoms with van der Waals surface area (Å²) >= 11 is 3.35. The van der Waals surface area contributed by atoms with Crippen molar-refractivity contribution in [3.8, 4) is 0 Å². The summed E-state index contributed by atoms with van der Waals surface area (Å²) in [6, 6.07) is 3.71. The van der Waals surface area contributed by atoms with Crippen molar-refractivity contribution in [2.24, 2.45) is 0 Å². The molecule has 4 nitrogen and oxygen atoms in total. The second-order valence-electron chi connectivity index (χ2n) is 2.48. The highest BCUT2D eigenvalue weighted by Crippen LogP contribution is 2.13. The second kappa shape index (κ2) is 5.39. The number of allylic oxidation sites excluding steroid dienone is 1. The van der Waals surface area contributed by atoms with Gasteiger partial charge in [0.1, 0.15) is 11.6 Å². The molecule has 0 saturated carbocycles. The first-order valence-corrected chi connectivity index (χ1v) is 4.82. The number of rotatable bonds is 4. The van der Waals surface area contributed by atoms with Gasteiger partial charge in [0.25, 0.3) is 0 Å². The van der Waals surface area contributed by atoms with Crippen LogP contribution in [0.4, 0.5) is 5.82 Å². The molecule has 0 aliphatic rings. The van der Waals surface area contributed by atoms with Crippen LogP contribution < -0.4 is 10.6 Å². The summed E-state index contributed by atoms with van der Waals surface area (Å²) in [5.74, 6) is 1.45. The van der Waals surface area contributed by atoms with Crippen molar-refractivity contribution in [2.45, 2.75) is 0 Å². The number of anilines is 1. The van der Waals surface area contributed by atoms with Gasteiger partial charge in [-0.1, -0.05) is 15.9 Å². The molecule has 1 heterocycles. The normalized spacial score (nSPS) is 10.9. The Morgan fingerprint density at radius 1 is 1.64 bits per heavy atom. The Bertz CT molecular complexity index is 348. The SMILES string of the molecule is CN/C(=C\C=N)Nc1cc(Br)ccn1. The smallest absolute Gasteiger partial charge is 0.132 e. The standard InChI is InChI=1S/C9H11BrN4/c1-12-8(2-4-11)14-9-6-7(10)3-5-13-9/h2-6,11-12H,1H3,(H,13,14)/b8-2+,11-4?. The third-order valence-electron chi connectivity index (χ3n) is 1.50. The molecule has 0 unspecified atom stereocenters. The minimum Gasteiger partial charge on any atom is -0.375 e.